The van der Waals surface area contributed by atoms with Gasteiger partial charge in [0.05, 0.1) is 0 Å². The number of anilines is 3. The second kappa shape index (κ2) is 10.1. The van der Waals surface area contributed by atoms with E-state index in [1.807, 2.05) is 41.3 Å². The SMILES string of the molecule is Fc1cccc(N(c2ccccc2)c2ccc(-c3c4ccccc4c(-c4ccccc4)c4ccccc34)cc2)n1. The minimum Gasteiger partial charge on any atom is -0.295 e. The summed E-state index contributed by atoms with van der Waals surface area (Å²) in [6.45, 7) is 0. The van der Waals surface area contributed by atoms with Gasteiger partial charge >= 0.3 is 0 Å². The molecule has 7 aromatic rings. The zero-order valence-corrected chi connectivity index (χ0v) is 21.7. The van der Waals surface area contributed by atoms with Crippen LogP contribution in [0.25, 0.3) is 43.8 Å². The third-order valence-electron chi connectivity index (χ3n) is 7.35. The smallest absolute Gasteiger partial charge is 0.214 e. The monoisotopic (exact) mass is 516 g/mol. The molecular weight excluding hydrogens is 491 g/mol. The van der Waals surface area contributed by atoms with Gasteiger partial charge in [-0.3, -0.25) is 4.90 Å². The molecule has 40 heavy (non-hydrogen) atoms. The standard InChI is InChI=1S/C37H25FN2/c38-34-20-11-21-35(39-34)40(28-14-5-2-6-15-28)29-24-22-27(23-25-29)37-32-18-9-7-16-30(32)36(26-12-3-1-4-13-26)31-17-8-10-19-33(31)37/h1-25H. The third-order valence-corrected chi connectivity index (χ3v) is 7.35. The van der Waals surface area contributed by atoms with E-state index in [0.717, 1.165) is 16.9 Å². The maximum absolute atomic E-state index is 14.2. The molecule has 0 atom stereocenters. The van der Waals surface area contributed by atoms with Crippen LogP contribution in [-0.4, -0.2) is 4.98 Å². The van der Waals surface area contributed by atoms with E-state index in [1.165, 1.54) is 44.3 Å². The van der Waals surface area contributed by atoms with Crippen molar-refractivity contribution in [2.45, 2.75) is 0 Å². The second-order valence-corrected chi connectivity index (χ2v) is 9.74. The maximum atomic E-state index is 14.2. The highest BCUT2D eigenvalue weighted by Crippen LogP contribution is 2.44. The zero-order chi connectivity index (χ0) is 26.9. The molecule has 1 heterocycles. The zero-order valence-electron chi connectivity index (χ0n) is 21.7. The Bertz CT molecular complexity index is 1890. The van der Waals surface area contributed by atoms with Crippen molar-refractivity contribution < 1.29 is 4.39 Å². The Kier molecular flexibility index (Phi) is 6.02. The van der Waals surface area contributed by atoms with Crippen LogP contribution in [0.5, 0.6) is 0 Å². The first-order valence-corrected chi connectivity index (χ1v) is 13.3. The fourth-order valence-corrected chi connectivity index (χ4v) is 5.65. The number of pyridine rings is 1. The first kappa shape index (κ1) is 23.8. The number of hydrogen-bond donors (Lipinski definition) is 0. The molecule has 7 rings (SSSR count). The fraction of sp³-hybridized carbons (Fsp3) is 0. The van der Waals surface area contributed by atoms with Crippen molar-refractivity contribution in [3.63, 3.8) is 0 Å². The largest absolute Gasteiger partial charge is 0.295 e. The van der Waals surface area contributed by atoms with E-state index in [9.17, 15) is 4.39 Å². The Morgan fingerprint density at radius 1 is 0.400 bits per heavy atom. The normalized spacial score (nSPS) is 11.1. The molecule has 0 aliphatic heterocycles. The molecule has 2 nitrogen and oxygen atoms in total. The highest BCUT2D eigenvalue weighted by atomic mass is 19.1. The van der Waals surface area contributed by atoms with E-state index in [1.54, 1.807) is 6.07 Å². The van der Waals surface area contributed by atoms with Gasteiger partial charge < -0.3 is 0 Å². The summed E-state index contributed by atoms with van der Waals surface area (Å²) in [6.07, 6.45) is 0. The molecule has 3 heteroatoms. The molecule has 0 radical (unpaired) electrons. The number of aromatic nitrogens is 1. The number of fused-ring (bicyclic) bond motifs is 2. The summed E-state index contributed by atoms with van der Waals surface area (Å²) < 4.78 is 14.2. The number of benzene rings is 6. The molecule has 0 N–H and O–H groups in total. The van der Waals surface area contributed by atoms with E-state index in [4.69, 9.17) is 0 Å². The molecule has 6 aromatic carbocycles. The van der Waals surface area contributed by atoms with Gasteiger partial charge in [0, 0.05) is 11.4 Å². The number of rotatable bonds is 5. The van der Waals surface area contributed by atoms with Crippen molar-refractivity contribution in [2.24, 2.45) is 0 Å². The van der Waals surface area contributed by atoms with Crippen molar-refractivity contribution in [1.82, 2.24) is 4.98 Å². The molecule has 0 saturated heterocycles. The van der Waals surface area contributed by atoms with E-state index in [0.29, 0.717) is 5.82 Å². The number of halogens is 1. The molecule has 0 spiro atoms. The van der Waals surface area contributed by atoms with Crippen LogP contribution < -0.4 is 4.90 Å². The predicted molar refractivity (Wildman–Crippen MR) is 165 cm³/mol. The van der Waals surface area contributed by atoms with Crippen molar-refractivity contribution in [1.29, 1.82) is 0 Å². The van der Waals surface area contributed by atoms with Gasteiger partial charge in [0.25, 0.3) is 0 Å². The second-order valence-electron chi connectivity index (χ2n) is 9.74. The van der Waals surface area contributed by atoms with Gasteiger partial charge in [-0.1, -0.05) is 115 Å². The number of nitrogens with zero attached hydrogens (tertiary/aromatic N) is 2. The highest BCUT2D eigenvalue weighted by molar-refractivity contribution is 6.21. The first-order chi connectivity index (χ1) is 19.8. The topological polar surface area (TPSA) is 16.1 Å². The van der Waals surface area contributed by atoms with Gasteiger partial charge in [0.2, 0.25) is 5.95 Å². The molecule has 0 fully saturated rings. The Morgan fingerprint density at radius 2 is 0.850 bits per heavy atom. The molecule has 0 aliphatic rings. The minimum absolute atomic E-state index is 0.508. The van der Waals surface area contributed by atoms with Gasteiger partial charge in [-0.05, 0) is 80.2 Å². The van der Waals surface area contributed by atoms with Gasteiger partial charge in [-0.15, -0.1) is 0 Å². The van der Waals surface area contributed by atoms with Crippen LogP contribution >= 0.6 is 0 Å². The predicted octanol–water partition coefficient (Wildman–Crippen LogP) is 10.3. The quantitative estimate of drug-likeness (QED) is 0.167. The van der Waals surface area contributed by atoms with E-state index in [-0.39, 0.29) is 0 Å². The summed E-state index contributed by atoms with van der Waals surface area (Å²) in [5.74, 6) is 0.0218. The van der Waals surface area contributed by atoms with Gasteiger partial charge in [-0.25, -0.2) is 4.98 Å². The summed E-state index contributed by atoms with van der Waals surface area (Å²) in [4.78, 5) is 6.16. The Hall–Kier alpha value is -5.28. The van der Waals surface area contributed by atoms with Gasteiger partial charge in [0.1, 0.15) is 5.82 Å². The van der Waals surface area contributed by atoms with Crippen molar-refractivity contribution in [3.8, 4) is 22.3 Å². The Labute approximate surface area is 232 Å². The van der Waals surface area contributed by atoms with E-state index < -0.39 is 5.95 Å². The number of para-hydroxylation sites is 1. The molecule has 0 aliphatic carbocycles. The minimum atomic E-state index is -0.508. The third kappa shape index (κ3) is 4.18. The lowest BCUT2D eigenvalue weighted by Gasteiger charge is -2.24. The van der Waals surface area contributed by atoms with Crippen molar-refractivity contribution >= 4 is 38.7 Å². The summed E-state index contributed by atoms with van der Waals surface area (Å²) in [6, 6.07) is 51.2. The number of hydrogen-bond acceptors (Lipinski definition) is 2. The van der Waals surface area contributed by atoms with Gasteiger partial charge in [-0.2, -0.15) is 4.39 Å². The lowest BCUT2D eigenvalue weighted by Crippen LogP contribution is -2.11. The van der Waals surface area contributed by atoms with Crippen LogP contribution in [0.3, 0.4) is 0 Å². The van der Waals surface area contributed by atoms with Crippen molar-refractivity contribution in [3.05, 3.63) is 158 Å². The lowest BCUT2D eigenvalue weighted by molar-refractivity contribution is 0.584. The lowest BCUT2D eigenvalue weighted by atomic mass is 9.86. The summed E-state index contributed by atoms with van der Waals surface area (Å²) in [5.41, 5.74) is 6.60. The maximum Gasteiger partial charge on any atom is 0.214 e. The van der Waals surface area contributed by atoms with Gasteiger partial charge in [0.15, 0.2) is 0 Å². The molecule has 190 valence electrons. The van der Waals surface area contributed by atoms with E-state index in [2.05, 4.69) is 108 Å². The summed E-state index contributed by atoms with van der Waals surface area (Å²) in [5, 5.41) is 4.86. The van der Waals surface area contributed by atoms with Crippen LogP contribution in [0.1, 0.15) is 0 Å². The first-order valence-electron chi connectivity index (χ1n) is 13.3. The molecule has 0 unspecified atom stereocenters. The Balaban J connectivity index is 1.43. The van der Waals surface area contributed by atoms with Crippen LogP contribution in [0, 0.1) is 5.95 Å². The Morgan fingerprint density at radius 3 is 1.38 bits per heavy atom. The van der Waals surface area contributed by atoms with E-state index >= 15 is 0 Å². The summed E-state index contributed by atoms with van der Waals surface area (Å²) in [7, 11) is 0. The van der Waals surface area contributed by atoms with Crippen LogP contribution in [0.15, 0.2) is 152 Å². The molecular formula is C37H25FN2. The molecule has 1 aromatic heterocycles. The average Bonchev–Trinajstić information content (AvgIpc) is 3.01. The molecule has 0 saturated carbocycles. The summed E-state index contributed by atoms with van der Waals surface area (Å²) >= 11 is 0. The van der Waals surface area contributed by atoms with Crippen molar-refractivity contribution in [2.75, 3.05) is 4.90 Å². The average molecular weight is 517 g/mol. The molecule has 0 amide bonds. The fourth-order valence-electron chi connectivity index (χ4n) is 5.65. The van der Waals surface area contributed by atoms with Crippen LogP contribution in [0.2, 0.25) is 0 Å². The van der Waals surface area contributed by atoms with Crippen LogP contribution in [0.4, 0.5) is 21.6 Å². The van der Waals surface area contributed by atoms with Crippen LogP contribution in [-0.2, 0) is 0 Å². The highest BCUT2D eigenvalue weighted by Gasteiger charge is 2.18. The molecule has 0 bridgehead atoms.